The van der Waals surface area contributed by atoms with Crippen LogP contribution in [0.1, 0.15) is 38.4 Å². The minimum Gasteiger partial charge on any atom is -0.383 e. The van der Waals surface area contributed by atoms with Crippen LogP contribution in [0.5, 0.6) is 0 Å². The SMILES string of the molecule is CCNC(=NCC1CCCOC1c1ccccc1)NC(C)COC.I. The number of rotatable bonds is 7. The molecule has 1 heterocycles. The molecule has 3 atom stereocenters. The summed E-state index contributed by atoms with van der Waals surface area (Å²) in [6.07, 6.45) is 2.40. The van der Waals surface area contributed by atoms with Crippen molar-refractivity contribution >= 4 is 29.9 Å². The number of methoxy groups -OCH3 is 1. The van der Waals surface area contributed by atoms with Crippen LogP contribution < -0.4 is 10.6 Å². The third-order valence-corrected chi connectivity index (χ3v) is 4.20. The van der Waals surface area contributed by atoms with E-state index in [1.54, 1.807) is 7.11 Å². The van der Waals surface area contributed by atoms with Gasteiger partial charge in [0, 0.05) is 38.8 Å². The number of benzene rings is 1. The third kappa shape index (κ3) is 7.50. The van der Waals surface area contributed by atoms with E-state index < -0.39 is 0 Å². The van der Waals surface area contributed by atoms with Crippen LogP contribution in [0.4, 0.5) is 0 Å². The molecule has 142 valence electrons. The van der Waals surface area contributed by atoms with E-state index in [4.69, 9.17) is 14.5 Å². The number of ether oxygens (including phenoxy) is 2. The highest BCUT2D eigenvalue weighted by atomic mass is 127. The van der Waals surface area contributed by atoms with Crippen molar-refractivity contribution in [1.82, 2.24) is 10.6 Å². The second kappa shape index (κ2) is 12.5. The second-order valence-corrected chi connectivity index (χ2v) is 6.32. The van der Waals surface area contributed by atoms with Crippen LogP contribution in [-0.4, -0.2) is 45.4 Å². The summed E-state index contributed by atoms with van der Waals surface area (Å²) in [5.74, 6) is 1.26. The lowest BCUT2D eigenvalue weighted by Gasteiger charge is -2.31. The summed E-state index contributed by atoms with van der Waals surface area (Å²) < 4.78 is 11.2. The zero-order valence-electron chi connectivity index (χ0n) is 15.5. The monoisotopic (exact) mass is 461 g/mol. The summed E-state index contributed by atoms with van der Waals surface area (Å²) in [5.41, 5.74) is 1.25. The van der Waals surface area contributed by atoms with Crippen molar-refractivity contribution < 1.29 is 9.47 Å². The van der Waals surface area contributed by atoms with Gasteiger partial charge in [-0.3, -0.25) is 4.99 Å². The van der Waals surface area contributed by atoms with Crippen LogP contribution in [0.25, 0.3) is 0 Å². The Balaban J connectivity index is 0.00000312. The van der Waals surface area contributed by atoms with E-state index in [0.717, 1.165) is 38.5 Å². The van der Waals surface area contributed by atoms with Gasteiger partial charge in [0.25, 0.3) is 0 Å². The molecule has 6 heteroatoms. The molecule has 25 heavy (non-hydrogen) atoms. The number of hydrogen-bond donors (Lipinski definition) is 2. The van der Waals surface area contributed by atoms with E-state index in [0.29, 0.717) is 12.5 Å². The first-order valence-corrected chi connectivity index (χ1v) is 8.95. The number of guanidine groups is 1. The summed E-state index contributed by atoms with van der Waals surface area (Å²) in [6, 6.07) is 10.7. The third-order valence-electron chi connectivity index (χ3n) is 4.20. The number of aliphatic imine (C=N–C) groups is 1. The fourth-order valence-electron chi connectivity index (χ4n) is 3.10. The number of nitrogens with zero attached hydrogens (tertiary/aromatic N) is 1. The number of hydrogen-bond acceptors (Lipinski definition) is 3. The molecule has 0 aliphatic carbocycles. The molecule has 3 unspecified atom stereocenters. The predicted molar refractivity (Wildman–Crippen MR) is 114 cm³/mol. The van der Waals surface area contributed by atoms with Crippen LogP contribution in [-0.2, 0) is 9.47 Å². The Morgan fingerprint density at radius 2 is 2.12 bits per heavy atom. The molecule has 0 saturated carbocycles. The lowest BCUT2D eigenvalue weighted by Crippen LogP contribution is -2.44. The molecule has 0 spiro atoms. The Bertz CT molecular complexity index is 499. The number of nitrogens with one attached hydrogen (secondary N) is 2. The first-order chi connectivity index (χ1) is 11.7. The van der Waals surface area contributed by atoms with Crippen LogP contribution in [0.15, 0.2) is 35.3 Å². The Morgan fingerprint density at radius 3 is 2.80 bits per heavy atom. The van der Waals surface area contributed by atoms with Crippen molar-refractivity contribution in [2.75, 3.05) is 33.4 Å². The van der Waals surface area contributed by atoms with Crippen molar-refractivity contribution in [3.8, 4) is 0 Å². The smallest absolute Gasteiger partial charge is 0.191 e. The van der Waals surface area contributed by atoms with E-state index in [9.17, 15) is 0 Å². The second-order valence-electron chi connectivity index (χ2n) is 6.32. The Hall–Kier alpha value is -0.860. The summed E-state index contributed by atoms with van der Waals surface area (Å²) >= 11 is 0. The molecule has 0 amide bonds. The number of halogens is 1. The molecule has 1 aliphatic rings. The highest BCUT2D eigenvalue weighted by molar-refractivity contribution is 14.0. The van der Waals surface area contributed by atoms with Crippen molar-refractivity contribution in [1.29, 1.82) is 0 Å². The summed E-state index contributed by atoms with van der Waals surface area (Å²) in [6.45, 7) is 7.26. The molecule has 2 rings (SSSR count). The maximum atomic E-state index is 6.06. The standard InChI is InChI=1S/C19H31N3O2.HI/c1-4-20-19(22-15(2)14-23-3)21-13-17-11-8-12-24-18(17)16-9-6-5-7-10-16;/h5-7,9-10,15,17-18H,4,8,11-14H2,1-3H3,(H2,20,21,22);1H. The minimum atomic E-state index is 0. The van der Waals surface area contributed by atoms with E-state index >= 15 is 0 Å². The average molecular weight is 461 g/mol. The summed E-state index contributed by atoms with van der Waals surface area (Å²) in [5, 5.41) is 6.69. The van der Waals surface area contributed by atoms with Crippen molar-refractivity contribution in [3.63, 3.8) is 0 Å². The van der Waals surface area contributed by atoms with Gasteiger partial charge in [-0.05, 0) is 32.3 Å². The van der Waals surface area contributed by atoms with Gasteiger partial charge < -0.3 is 20.1 Å². The lowest BCUT2D eigenvalue weighted by molar-refractivity contribution is -0.0250. The van der Waals surface area contributed by atoms with Crippen LogP contribution in [0.2, 0.25) is 0 Å². The maximum Gasteiger partial charge on any atom is 0.191 e. The van der Waals surface area contributed by atoms with E-state index in [1.807, 2.05) is 6.07 Å². The van der Waals surface area contributed by atoms with Gasteiger partial charge >= 0.3 is 0 Å². The highest BCUT2D eigenvalue weighted by Gasteiger charge is 2.27. The first-order valence-electron chi connectivity index (χ1n) is 8.95. The summed E-state index contributed by atoms with van der Waals surface area (Å²) in [4.78, 5) is 4.79. The fourth-order valence-corrected chi connectivity index (χ4v) is 3.10. The summed E-state index contributed by atoms with van der Waals surface area (Å²) in [7, 11) is 1.71. The first kappa shape index (κ1) is 22.2. The Labute approximate surface area is 169 Å². The van der Waals surface area contributed by atoms with Gasteiger partial charge in [-0.15, -0.1) is 24.0 Å². The molecular formula is C19H32IN3O2. The Kier molecular flexibility index (Phi) is 11.1. The molecule has 2 N–H and O–H groups in total. The molecule has 1 fully saturated rings. The fraction of sp³-hybridized carbons (Fsp3) is 0.632. The van der Waals surface area contributed by atoms with Gasteiger partial charge in [0.15, 0.2) is 5.96 Å². The zero-order chi connectivity index (χ0) is 17.2. The normalized spacial score (nSPS) is 22.0. The average Bonchev–Trinajstić information content (AvgIpc) is 2.61. The van der Waals surface area contributed by atoms with Crippen molar-refractivity contribution in [2.45, 2.75) is 38.8 Å². The molecule has 1 aromatic rings. The Morgan fingerprint density at radius 1 is 1.36 bits per heavy atom. The van der Waals surface area contributed by atoms with Crippen LogP contribution >= 0.6 is 24.0 Å². The van der Waals surface area contributed by atoms with Crippen molar-refractivity contribution in [3.05, 3.63) is 35.9 Å². The van der Waals surface area contributed by atoms with Gasteiger partial charge in [-0.1, -0.05) is 30.3 Å². The van der Waals surface area contributed by atoms with Gasteiger partial charge in [-0.2, -0.15) is 0 Å². The molecule has 0 bridgehead atoms. The van der Waals surface area contributed by atoms with Gasteiger partial charge in [-0.25, -0.2) is 0 Å². The van der Waals surface area contributed by atoms with Crippen LogP contribution in [0, 0.1) is 5.92 Å². The zero-order valence-corrected chi connectivity index (χ0v) is 17.9. The largest absolute Gasteiger partial charge is 0.383 e. The molecular weight excluding hydrogens is 429 g/mol. The molecule has 0 radical (unpaired) electrons. The lowest BCUT2D eigenvalue weighted by atomic mass is 9.89. The molecule has 0 aromatic heterocycles. The maximum absolute atomic E-state index is 6.06. The van der Waals surface area contributed by atoms with Gasteiger partial charge in [0.05, 0.1) is 12.7 Å². The van der Waals surface area contributed by atoms with E-state index in [-0.39, 0.29) is 36.1 Å². The molecule has 1 aromatic carbocycles. The van der Waals surface area contributed by atoms with E-state index in [1.165, 1.54) is 5.56 Å². The van der Waals surface area contributed by atoms with Gasteiger partial charge in [0.2, 0.25) is 0 Å². The molecule has 1 saturated heterocycles. The van der Waals surface area contributed by atoms with Crippen LogP contribution in [0.3, 0.4) is 0 Å². The van der Waals surface area contributed by atoms with Crippen molar-refractivity contribution in [2.24, 2.45) is 10.9 Å². The minimum absolute atomic E-state index is 0. The van der Waals surface area contributed by atoms with Gasteiger partial charge in [0.1, 0.15) is 0 Å². The quantitative estimate of drug-likeness (QED) is 0.372. The molecule has 1 aliphatic heterocycles. The molecule has 5 nitrogen and oxygen atoms in total. The topological polar surface area (TPSA) is 54.9 Å². The highest BCUT2D eigenvalue weighted by Crippen LogP contribution is 2.33. The predicted octanol–water partition coefficient (Wildman–Crippen LogP) is 3.36. The van der Waals surface area contributed by atoms with E-state index in [2.05, 4.69) is 48.7 Å².